The summed E-state index contributed by atoms with van der Waals surface area (Å²) in [6.45, 7) is 2.47. The molecule has 5 atom stereocenters. The van der Waals surface area contributed by atoms with Crippen LogP contribution in [0, 0.1) is 11.8 Å². The van der Waals surface area contributed by atoms with E-state index in [0.29, 0.717) is 32.2 Å². The predicted molar refractivity (Wildman–Crippen MR) is 227 cm³/mol. The number of ketones is 3. The van der Waals surface area contributed by atoms with Crippen LogP contribution in [-0.2, 0) is 33.6 Å². The minimum atomic E-state index is -1.50. The van der Waals surface area contributed by atoms with Crippen LogP contribution in [0.5, 0.6) is 0 Å². The second kappa shape index (κ2) is 34.9. The number of amides is 3. The number of unbranched alkanes of at least 4 members (excludes halogenated alkanes) is 13. The van der Waals surface area contributed by atoms with Crippen molar-refractivity contribution in [2.24, 2.45) is 34.0 Å². The molecule has 0 bridgehead atoms. The van der Waals surface area contributed by atoms with Crippen molar-refractivity contribution in [3.63, 3.8) is 0 Å². The van der Waals surface area contributed by atoms with Crippen molar-refractivity contribution >= 4 is 47.0 Å². The number of aliphatic hydroxyl groups is 2. The van der Waals surface area contributed by atoms with Crippen molar-refractivity contribution in [3.05, 3.63) is 0 Å². The van der Waals surface area contributed by atoms with Crippen molar-refractivity contribution in [3.8, 4) is 0 Å². The van der Waals surface area contributed by atoms with Crippen LogP contribution in [0.2, 0.25) is 0 Å². The van der Waals surface area contributed by atoms with Crippen molar-refractivity contribution in [2.45, 2.75) is 180 Å². The number of rotatable bonds is 39. The smallest absolute Gasteiger partial charge is 0.303 e. The molecule has 12 N–H and O–H groups in total. The van der Waals surface area contributed by atoms with E-state index in [0.717, 1.165) is 25.7 Å². The van der Waals surface area contributed by atoms with Gasteiger partial charge in [0, 0.05) is 44.1 Å². The predicted octanol–water partition coefficient (Wildman–Crippen LogP) is 2.69. The first-order valence-corrected chi connectivity index (χ1v) is 21.8. The topological polar surface area (TPSA) is 307 Å². The summed E-state index contributed by atoms with van der Waals surface area (Å²) in [7, 11) is 0. The van der Waals surface area contributed by atoms with Crippen molar-refractivity contribution < 1.29 is 48.9 Å². The van der Waals surface area contributed by atoms with Gasteiger partial charge in [0.15, 0.2) is 17.5 Å². The van der Waals surface area contributed by atoms with E-state index in [-0.39, 0.29) is 50.4 Å². The molecule has 0 aliphatic rings. The number of carboxylic acids is 1. The standard InChI is InChI=1S/C42H77N7O10/c1-3-4-5-6-7-8-9-10-11-12-13-14-15-21-38(55)47-35(29-51)41(59)49-34(28-50)37(54)27-32(20-18-25-46-42(44)45)40(58)48-33(22-23-39(56)57)36(53)26-31(30(2)52)19-16-17-24-43/h31-35,50-51H,3-29,43H2,1-2H3,(H,47,55)(H,48,58)(H,49,59)(H,56,57)(H4,44,45,46)/t31-,32-,33+,34+,35+/m1/s1. The molecule has 0 aliphatic carbocycles. The molecular weight excluding hydrogens is 763 g/mol. The monoisotopic (exact) mass is 840 g/mol. The Hall–Kier alpha value is -3.96. The average Bonchev–Trinajstić information content (AvgIpc) is 3.19. The zero-order valence-electron chi connectivity index (χ0n) is 35.9. The Labute approximate surface area is 351 Å². The summed E-state index contributed by atoms with van der Waals surface area (Å²) in [6, 6.07) is -4.16. The minimum absolute atomic E-state index is 0.0317. The fourth-order valence-corrected chi connectivity index (χ4v) is 6.76. The van der Waals surface area contributed by atoms with E-state index in [4.69, 9.17) is 17.2 Å². The SMILES string of the molecule is CCCCCCCCCCCCCCCC(=O)N[C@@H](CO)C(=O)N[C@@H](CO)C(=O)C[C@@H](CCCN=C(N)N)C(=O)N[C@@H](CCC(=O)O)C(=O)C[C@@H](CCCCN)C(C)=O. The summed E-state index contributed by atoms with van der Waals surface area (Å²) in [6.07, 6.45) is 15.6. The molecule has 0 aromatic carbocycles. The highest BCUT2D eigenvalue weighted by Crippen LogP contribution is 2.20. The maximum atomic E-state index is 13.7. The quantitative estimate of drug-likeness (QED) is 0.0245. The van der Waals surface area contributed by atoms with Crippen LogP contribution in [0.4, 0.5) is 0 Å². The molecule has 17 nitrogen and oxygen atoms in total. The number of carbonyl (C=O) groups is 7. The molecule has 0 aromatic rings. The van der Waals surface area contributed by atoms with Gasteiger partial charge in [0.05, 0.1) is 19.3 Å². The number of Topliss-reactive ketones (excluding diaryl/α,β-unsaturated/α-hetero) is 3. The molecule has 0 saturated heterocycles. The number of hydrogen-bond acceptors (Lipinski definition) is 11. The number of aliphatic hydroxyl groups excluding tert-OH is 2. The number of guanidine groups is 1. The lowest BCUT2D eigenvalue weighted by molar-refractivity contribution is -0.138. The molecule has 0 spiro atoms. The highest BCUT2D eigenvalue weighted by molar-refractivity contribution is 5.96. The van der Waals surface area contributed by atoms with Gasteiger partial charge in [-0.1, -0.05) is 90.4 Å². The summed E-state index contributed by atoms with van der Waals surface area (Å²) in [5.41, 5.74) is 16.4. The molecule has 0 saturated carbocycles. The second-order valence-corrected chi connectivity index (χ2v) is 15.6. The average molecular weight is 840 g/mol. The van der Waals surface area contributed by atoms with E-state index in [2.05, 4.69) is 27.9 Å². The van der Waals surface area contributed by atoms with Crippen molar-refractivity contribution in [1.29, 1.82) is 0 Å². The Balaban J connectivity index is 5.42. The van der Waals surface area contributed by atoms with Gasteiger partial charge < -0.3 is 48.5 Å². The van der Waals surface area contributed by atoms with Gasteiger partial charge in [0.2, 0.25) is 17.7 Å². The summed E-state index contributed by atoms with van der Waals surface area (Å²) < 4.78 is 0. The first-order valence-electron chi connectivity index (χ1n) is 21.8. The van der Waals surface area contributed by atoms with Gasteiger partial charge in [0.25, 0.3) is 0 Å². The number of nitrogens with zero attached hydrogens (tertiary/aromatic N) is 1. The van der Waals surface area contributed by atoms with Gasteiger partial charge in [-0.25, -0.2) is 0 Å². The summed E-state index contributed by atoms with van der Waals surface area (Å²) in [5, 5.41) is 36.7. The normalized spacial score (nSPS) is 13.6. The molecule has 59 heavy (non-hydrogen) atoms. The molecule has 0 aromatic heterocycles. The number of aliphatic imine (C=N–C) groups is 1. The Morgan fingerprint density at radius 3 is 1.59 bits per heavy atom. The van der Waals surface area contributed by atoms with Crippen LogP contribution >= 0.6 is 0 Å². The molecule has 17 heteroatoms. The number of aliphatic carboxylic acids is 1. The van der Waals surface area contributed by atoms with Crippen LogP contribution in [0.3, 0.4) is 0 Å². The molecule has 340 valence electrons. The Bertz CT molecular complexity index is 1280. The largest absolute Gasteiger partial charge is 0.481 e. The minimum Gasteiger partial charge on any atom is -0.481 e. The van der Waals surface area contributed by atoms with Gasteiger partial charge in [0.1, 0.15) is 17.9 Å². The second-order valence-electron chi connectivity index (χ2n) is 15.6. The number of nitrogens with one attached hydrogen (secondary N) is 3. The van der Waals surface area contributed by atoms with Crippen LogP contribution in [0.1, 0.15) is 162 Å². The van der Waals surface area contributed by atoms with E-state index in [1.807, 2.05) is 0 Å². The van der Waals surface area contributed by atoms with E-state index in [9.17, 15) is 48.9 Å². The van der Waals surface area contributed by atoms with Crippen LogP contribution < -0.4 is 33.2 Å². The molecule has 3 amide bonds. The van der Waals surface area contributed by atoms with Crippen LogP contribution in [0.15, 0.2) is 4.99 Å². The summed E-state index contributed by atoms with van der Waals surface area (Å²) in [4.78, 5) is 93.8. The highest BCUT2D eigenvalue weighted by Gasteiger charge is 2.32. The molecule has 0 rings (SSSR count). The first kappa shape index (κ1) is 55.0. The molecule has 0 radical (unpaired) electrons. The van der Waals surface area contributed by atoms with E-state index in [1.165, 1.54) is 58.3 Å². The van der Waals surface area contributed by atoms with E-state index >= 15 is 0 Å². The molecule has 0 heterocycles. The van der Waals surface area contributed by atoms with Crippen LogP contribution in [-0.4, -0.2) is 107 Å². The molecule has 0 aliphatic heterocycles. The maximum absolute atomic E-state index is 13.7. The van der Waals surface area contributed by atoms with Gasteiger partial charge in [-0.15, -0.1) is 0 Å². The summed E-state index contributed by atoms with van der Waals surface area (Å²) in [5.74, 6) is -6.77. The lowest BCUT2D eigenvalue weighted by Gasteiger charge is -2.25. The molecule has 0 unspecified atom stereocenters. The maximum Gasteiger partial charge on any atom is 0.303 e. The lowest BCUT2D eigenvalue weighted by atomic mass is 9.88. The van der Waals surface area contributed by atoms with Gasteiger partial charge in [-0.05, 0) is 52.0 Å². The number of carboxylic acid groups (broad SMARTS) is 1. The number of carbonyl (C=O) groups excluding carboxylic acids is 6. The Kier molecular flexibility index (Phi) is 32.5. The third-order valence-electron chi connectivity index (χ3n) is 10.4. The fraction of sp³-hybridized carbons (Fsp3) is 0.810. The van der Waals surface area contributed by atoms with Gasteiger partial charge in [-0.2, -0.15) is 0 Å². The summed E-state index contributed by atoms with van der Waals surface area (Å²) >= 11 is 0. The third kappa shape index (κ3) is 28.2. The Morgan fingerprint density at radius 2 is 1.08 bits per heavy atom. The lowest BCUT2D eigenvalue weighted by Crippen LogP contribution is -2.54. The van der Waals surface area contributed by atoms with Gasteiger partial charge in [-0.3, -0.25) is 38.6 Å². The first-order chi connectivity index (χ1) is 28.2. The van der Waals surface area contributed by atoms with Gasteiger partial charge >= 0.3 is 5.97 Å². The van der Waals surface area contributed by atoms with E-state index in [1.54, 1.807) is 0 Å². The zero-order chi connectivity index (χ0) is 44.4. The third-order valence-corrected chi connectivity index (χ3v) is 10.4. The van der Waals surface area contributed by atoms with Crippen molar-refractivity contribution in [1.82, 2.24) is 16.0 Å². The van der Waals surface area contributed by atoms with E-state index < -0.39 is 91.3 Å². The fourth-order valence-electron chi connectivity index (χ4n) is 6.76. The number of hydrogen-bond donors (Lipinski definition) is 9. The van der Waals surface area contributed by atoms with Crippen LogP contribution in [0.25, 0.3) is 0 Å². The number of nitrogens with two attached hydrogens (primary N) is 3. The molecular formula is C42H77N7O10. The highest BCUT2D eigenvalue weighted by atomic mass is 16.4. The zero-order valence-corrected chi connectivity index (χ0v) is 35.9. The Morgan fingerprint density at radius 1 is 0.576 bits per heavy atom. The van der Waals surface area contributed by atoms with Crippen molar-refractivity contribution in [2.75, 3.05) is 26.3 Å². The molecule has 0 fully saturated rings.